The van der Waals surface area contributed by atoms with Crippen LogP contribution in [-0.4, -0.2) is 18.7 Å². The van der Waals surface area contributed by atoms with Crippen LogP contribution in [0.1, 0.15) is 16.7 Å². The molecule has 0 bridgehead atoms. The molecular formula is C17H15N3O2. The first-order chi connectivity index (χ1) is 10.7. The van der Waals surface area contributed by atoms with Gasteiger partial charge in [0.05, 0.1) is 17.8 Å². The molecule has 5 heteroatoms. The Balaban J connectivity index is 1.81. The van der Waals surface area contributed by atoms with Gasteiger partial charge >= 0.3 is 0 Å². The van der Waals surface area contributed by atoms with Crippen molar-refractivity contribution >= 4 is 12.1 Å². The normalized spacial score (nSPS) is 10.2. The van der Waals surface area contributed by atoms with Crippen LogP contribution < -0.4 is 10.2 Å². The van der Waals surface area contributed by atoms with Gasteiger partial charge in [-0.25, -0.2) is 5.43 Å². The van der Waals surface area contributed by atoms with Gasteiger partial charge in [0, 0.05) is 0 Å². The van der Waals surface area contributed by atoms with Crippen molar-refractivity contribution in [3.8, 4) is 11.8 Å². The minimum absolute atomic E-state index is 0.102. The molecule has 0 unspecified atom stereocenters. The van der Waals surface area contributed by atoms with Crippen LogP contribution in [0.3, 0.4) is 0 Å². The molecule has 110 valence electrons. The van der Waals surface area contributed by atoms with E-state index in [1.807, 2.05) is 37.3 Å². The molecule has 0 fully saturated rings. The van der Waals surface area contributed by atoms with Crippen LogP contribution in [0.25, 0.3) is 0 Å². The Bertz CT molecular complexity index is 715. The first-order valence-electron chi connectivity index (χ1n) is 6.69. The summed E-state index contributed by atoms with van der Waals surface area (Å²) in [5.41, 5.74) is 4.73. The summed E-state index contributed by atoms with van der Waals surface area (Å²) in [7, 11) is 0. The molecule has 0 radical (unpaired) electrons. The van der Waals surface area contributed by atoms with Gasteiger partial charge in [-0.3, -0.25) is 4.79 Å². The highest BCUT2D eigenvalue weighted by Crippen LogP contribution is 2.15. The average Bonchev–Trinajstić information content (AvgIpc) is 2.55. The summed E-state index contributed by atoms with van der Waals surface area (Å²) < 4.78 is 5.41. The predicted molar refractivity (Wildman–Crippen MR) is 83.6 cm³/mol. The summed E-state index contributed by atoms with van der Waals surface area (Å²) in [5, 5.41) is 12.5. The van der Waals surface area contributed by atoms with E-state index in [1.54, 1.807) is 24.3 Å². The van der Waals surface area contributed by atoms with Crippen LogP contribution in [0.2, 0.25) is 0 Å². The van der Waals surface area contributed by atoms with E-state index >= 15 is 0 Å². The van der Waals surface area contributed by atoms with E-state index < -0.39 is 0 Å². The van der Waals surface area contributed by atoms with Crippen molar-refractivity contribution in [1.82, 2.24) is 5.43 Å². The van der Waals surface area contributed by atoms with Gasteiger partial charge in [0.1, 0.15) is 5.75 Å². The molecule has 1 N–H and O–H groups in total. The Kier molecular flexibility index (Phi) is 5.27. The summed E-state index contributed by atoms with van der Waals surface area (Å²) in [6.45, 7) is 1.81. The number of amides is 1. The Morgan fingerprint density at radius 1 is 1.27 bits per heavy atom. The fourth-order valence-corrected chi connectivity index (χ4v) is 1.72. The van der Waals surface area contributed by atoms with Gasteiger partial charge in [-0.05, 0) is 36.2 Å². The smallest absolute Gasteiger partial charge is 0.277 e. The largest absolute Gasteiger partial charge is 0.483 e. The molecule has 2 aromatic carbocycles. The number of hydrazone groups is 1. The summed E-state index contributed by atoms with van der Waals surface area (Å²) in [4.78, 5) is 11.6. The monoisotopic (exact) mass is 293 g/mol. The number of aryl methyl sites for hydroxylation is 1. The van der Waals surface area contributed by atoms with Gasteiger partial charge in [-0.2, -0.15) is 10.4 Å². The van der Waals surface area contributed by atoms with Gasteiger partial charge in [0.2, 0.25) is 0 Å². The summed E-state index contributed by atoms with van der Waals surface area (Å²) in [5.74, 6) is 0.335. The van der Waals surface area contributed by atoms with Crippen molar-refractivity contribution in [2.75, 3.05) is 6.61 Å². The molecule has 1 amide bonds. The first-order valence-corrected chi connectivity index (χ1v) is 6.69. The fraction of sp³-hybridized carbons (Fsp3) is 0.118. The lowest BCUT2D eigenvalue weighted by Gasteiger charge is -2.07. The molecule has 0 aliphatic heterocycles. The molecular weight excluding hydrogens is 278 g/mol. The Labute approximate surface area is 128 Å². The third-order valence-electron chi connectivity index (χ3n) is 2.90. The second kappa shape index (κ2) is 7.60. The van der Waals surface area contributed by atoms with Crippen molar-refractivity contribution in [3.63, 3.8) is 0 Å². The zero-order valence-electron chi connectivity index (χ0n) is 12.1. The Morgan fingerprint density at radius 2 is 2.00 bits per heavy atom. The maximum Gasteiger partial charge on any atom is 0.277 e. The predicted octanol–water partition coefficient (Wildman–Crippen LogP) is 2.40. The fourth-order valence-electron chi connectivity index (χ4n) is 1.72. The minimum atomic E-state index is -0.340. The van der Waals surface area contributed by atoms with Crippen LogP contribution >= 0.6 is 0 Å². The van der Waals surface area contributed by atoms with Crippen molar-refractivity contribution in [3.05, 3.63) is 65.2 Å². The number of hydrogen-bond acceptors (Lipinski definition) is 4. The molecule has 0 atom stereocenters. The zero-order valence-corrected chi connectivity index (χ0v) is 12.1. The van der Waals surface area contributed by atoms with E-state index in [2.05, 4.69) is 10.5 Å². The van der Waals surface area contributed by atoms with Gasteiger partial charge in [0.15, 0.2) is 6.61 Å². The van der Waals surface area contributed by atoms with Gasteiger partial charge < -0.3 is 4.74 Å². The van der Waals surface area contributed by atoms with Crippen LogP contribution in [0.5, 0.6) is 5.75 Å². The molecule has 0 spiro atoms. The van der Waals surface area contributed by atoms with Crippen LogP contribution in [0, 0.1) is 18.3 Å². The molecule has 22 heavy (non-hydrogen) atoms. The Hall–Kier alpha value is -3.13. The Morgan fingerprint density at radius 3 is 2.68 bits per heavy atom. The number of hydrogen-bond donors (Lipinski definition) is 1. The lowest BCUT2D eigenvalue weighted by atomic mass is 10.2. The summed E-state index contributed by atoms with van der Waals surface area (Å²) in [6.07, 6.45) is 1.51. The molecule has 0 saturated heterocycles. The number of para-hydroxylation sites is 1. The van der Waals surface area contributed by atoms with E-state index in [1.165, 1.54) is 6.21 Å². The molecule has 0 heterocycles. The van der Waals surface area contributed by atoms with E-state index in [4.69, 9.17) is 10.00 Å². The SMILES string of the molecule is Cc1ccccc1OCC(=O)N/N=C/c1ccc(C#N)cc1. The van der Waals surface area contributed by atoms with Crippen molar-refractivity contribution in [1.29, 1.82) is 5.26 Å². The van der Waals surface area contributed by atoms with Gasteiger partial charge in [0.25, 0.3) is 5.91 Å². The standard InChI is InChI=1S/C17H15N3O2/c1-13-4-2-3-5-16(13)22-12-17(21)20-19-11-15-8-6-14(10-18)7-9-15/h2-9,11H,12H2,1H3,(H,20,21)/b19-11+. The van der Waals surface area contributed by atoms with E-state index in [0.29, 0.717) is 11.3 Å². The van der Waals surface area contributed by atoms with Crippen LogP contribution in [0.4, 0.5) is 0 Å². The summed E-state index contributed by atoms with van der Waals surface area (Å²) in [6, 6.07) is 16.4. The van der Waals surface area contributed by atoms with E-state index in [0.717, 1.165) is 11.1 Å². The van der Waals surface area contributed by atoms with Gasteiger partial charge in [-0.1, -0.05) is 30.3 Å². The minimum Gasteiger partial charge on any atom is -0.483 e. The lowest BCUT2D eigenvalue weighted by Crippen LogP contribution is -2.24. The maximum atomic E-state index is 11.6. The van der Waals surface area contributed by atoms with E-state index in [9.17, 15) is 4.79 Å². The second-order valence-corrected chi connectivity index (χ2v) is 4.58. The second-order valence-electron chi connectivity index (χ2n) is 4.58. The van der Waals surface area contributed by atoms with Crippen molar-refractivity contribution < 1.29 is 9.53 Å². The van der Waals surface area contributed by atoms with E-state index in [-0.39, 0.29) is 12.5 Å². The topological polar surface area (TPSA) is 74.5 Å². The number of carbonyl (C=O) groups is 1. The van der Waals surface area contributed by atoms with Crippen molar-refractivity contribution in [2.45, 2.75) is 6.92 Å². The maximum absolute atomic E-state index is 11.6. The average molecular weight is 293 g/mol. The molecule has 0 aliphatic rings. The third kappa shape index (κ3) is 4.46. The van der Waals surface area contributed by atoms with Gasteiger partial charge in [-0.15, -0.1) is 0 Å². The quantitative estimate of drug-likeness (QED) is 0.679. The number of ether oxygens (including phenoxy) is 1. The number of rotatable bonds is 5. The first kappa shape index (κ1) is 15.3. The molecule has 0 aromatic heterocycles. The molecule has 2 rings (SSSR count). The summed E-state index contributed by atoms with van der Waals surface area (Å²) >= 11 is 0. The van der Waals surface area contributed by atoms with Crippen LogP contribution in [-0.2, 0) is 4.79 Å². The van der Waals surface area contributed by atoms with Crippen molar-refractivity contribution in [2.24, 2.45) is 5.10 Å². The number of carbonyl (C=O) groups excluding carboxylic acids is 1. The number of nitrogens with one attached hydrogen (secondary N) is 1. The lowest BCUT2D eigenvalue weighted by molar-refractivity contribution is -0.123. The number of benzene rings is 2. The zero-order chi connectivity index (χ0) is 15.8. The highest BCUT2D eigenvalue weighted by atomic mass is 16.5. The highest BCUT2D eigenvalue weighted by molar-refractivity contribution is 5.83. The third-order valence-corrected chi connectivity index (χ3v) is 2.90. The molecule has 5 nitrogen and oxygen atoms in total. The molecule has 0 aliphatic carbocycles. The number of nitrogens with zero attached hydrogens (tertiary/aromatic N) is 2. The number of nitriles is 1. The molecule has 0 saturated carbocycles. The van der Waals surface area contributed by atoms with Crippen LogP contribution in [0.15, 0.2) is 53.6 Å². The highest BCUT2D eigenvalue weighted by Gasteiger charge is 2.02. The molecule has 2 aromatic rings.